The van der Waals surface area contributed by atoms with Crippen LogP contribution in [0.2, 0.25) is 5.02 Å². The minimum atomic E-state index is 0.619. The highest BCUT2D eigenvalue weighted by Crippen LogP contribution is 2.31. The monoisotopic (exact) mass is 356 g/mol. The first-order chi connectivity index (χ1) is 11.5. The lowest BCUT2D eigenvalue weighted by Crippen LogP contribution is -2.01. The predicted octanol–water partition coefficient (Wildman–Crippen LogP) is 6.25. The Morgan fingerprint density at radius 1 is 1.04 bits per heavy atom. The van der Waals surface area contributed by atoms with Gasteiger partial charge in [0.15, 0.2) is 5.16 Å². The summed E-state index contributed by atoms with van der Waals surface area (Å²) in [5, 5.41) is 1.76. The largest absolute Gasteiger partial charge is 0.287 e. The summed E-state index contributed by atoms with van der Waals surface area (Å²) in [6.45, 7) is 6.55. The number of rotatable bonds is 5. The molecule has 0 bridgehead atoms. The molecule has 0 saturated carbocycles. The van der Waals surface area contributed by atoms with Crippen LogP contribution >= 0.6 is 23.4 Å². The molecule has 1 heterocycles. The van der Waals surface area contributed by atoms with Crippen molar-refractivity contribution in [3.8, 4) is 16.9 Å². The zero-order chi connectivity index (χ0) is 17.1. The smallest absolute Gasteiger partial charge is 0.173 e. The van der Waals surface area contributed by atoms with E-state index in [0.717, 1.165) is 27.3 Å². The number of thioether (sulfide) groups is 1. The van der Waals surface area contributed by atoms with Crippen LogP contribution < -0.4 is 0 Å². The van der Waals surface area contributed by atoms with E-state index in [2.05, 4.69) is 54.6 Å². The quantitative estimate of drug-likeness (QED) is 0.503. The molecule has 3 aromatic rings. The minimum Gasteiger partial charge on any atom is -0.287 e. The number of benzene rings is 2. The number of hydrogen-bond acceptors (Lipinski definition) is 2. The van der Waals surface area contributed by atoms with Crippen molar-refractivity contribution < 1.29 is 0 Å². The maximum atomic E-state index is 6.06. The van der Waals surface area contributed by atoms with Gasteiger partial charge in [0.1, 0.15) is 0 Å². The molecule has 124 valence electrons. The highest BCUT2D eigenvalue weighted by molar-refractivity contribution is 7.99. The number of hydrogen-bond donors (Lipinski definition) is 0. The van der Waals surface area contributed by atoms with Gasteiger partial charge in [0.25, 0.3) is 0 Å². The highest BCUT2D eigenvalue weighted by Gasteiger charge is 2.14. The molecule has 0 aliphatic heterocycles. The molecule has 0 saturated heterocycles. The van der Waals surface area contributed by atoms with Crippen LogP contribution in [0.5, 0.6) is 0 Å². The van der Waals surface area contributed by atoms with E-state index >= 15 is 0 Å². The summed E-state index contributed by atoms with van der Waals surface area (Å²) >= 11 is 7.85. The van der Waals surface area contributed by atoms with E-state index in [9.17, 15) is 0 Å². The normalized spacial score (nSPS) is 11.2. The topological polar surface area (TPSA) is 17.8 Å². The summed E-state index contributed by atoms with van der Waals surface area (Å²) in [5.74, 6) is 1.66. The molecular formula is C20H21ClN2S. The van der Waals surface area contributed by atoms with E-state index < -0.39 is 0 Å². The van der Waals surface area contributed by atoms with E-state index in [0.29, 0.717) is 5.92 Å². The fourth-order valence-corrected chi connectivity index (χ4v) is 3.51. The zero-order valence-corrected chi connectivity index (χ0v) is 15.7. The van der Waals surface area contributed by atoms with Gasteiger partial charge >= 0.3 is 0 Å². The van der Waals surface area contributed by atoms with Crippen LogP contribution in [0.1, 0.15) is 19.4 Å². The number of nitrogens with zero attached hydrogens (tertiary/aromatic N) is 2. The molecule has 0 fully saturated rings. The molecule has 0 N–H and O–H groups in total. The van der Waals surface area contributed by atoms with E-state index in [1.54, 1.807) is 11.8 Å². The van der Waals surface area contributed by atoms with Crippen molar-refractivity contribution >= 4 is 23.4 Å². The van der Waals surface area contributed by atoms with E-state index in [4.69, 9.17) is 11.6 Å². The SMILES string of the molecule is Cc1ccc(-c2cnc(SCC(C)C)n2-c2ccc(Cl)cc2)cc1. The summed E-state index contributed by atoms with van der Waals surface area (Å²) in [7, 11) is 0. The van der Waals surface area contributed by atoms with Gasteiger partial charge in [-0.2, -0.15) is 0 Å². The van der Waals surface area contributed by atoms with Crippen LogP contribution in [0, 0.1) is 12.8 Å². The van der Waals surface area contributed by atoms with Crippen molar-refractivity contribution in [1.29, 1.82) is 0 Å². The van der Waals surface area contributed by atoms with Gasteiger partial charge in [-0.05, 0) is 37.1 Å². The van der Waals surface area contributed by atoms with Gasteiger partial charge in [-0.25, -0.2) is 4.98 Å². The summed E-state index contributed by atoms with van der Waals surface area (Å²) in [5.41, 5.74) is 4.60. The summed E-state index contributed by atoms with van der Waals surface area (Å²) < 4.78 is 2.22. The standard InChI is InChI=1S/C20H21ClN2S/c1-14(2)13-24-20-22-12-19(16-6-4-15(3)5-7-16)23(20)18-10-8-17(21)9-11-18/h4-12,14H,13H2,1-3H3. The maximum Gasteiger partial charge on any atom is 0.173 e. The van der Waals surface area contributed by atoms with E-state index in [-0.39, 0.29) is 0 Å². The number of halogens is 1. The van der Waals surface area contributed by atoms with Crippen LogP contribution in [-0.4, -0.2) is 15.3 Å². The Morgan fingerprint density at radius 3 is 2.33 bits per heavy atom. The molecule has 0 radical (unpaired) electrons. The molecule has 3 rings (SSSR count). The molecule has 0 unspecified atom stereocenters. The lowest BCUT2D eigenvalue weighted by Gasteiger charge is -2.13. The van der Waals surface area contributed by atoms with E-state index in [1.807, 2.05) is 30.5 Å². The summed E-state index contributed by atoms with van der Waals surface area (Å²) in [4.78, 5) is 4.68. The third-order valence-electron chi connectivity index (χ3n) is 3.71. The molecule has 0 spiro atoms. The van der Waals surface area contributed by atoms with Crippen LogP contribution in [0.15, 0.2) is 59.9 Å². The molecular weight excluding hydrogens is 336 g/mol. The Labute approximate surface area is 152 Å². The Bertz CT molecular complexity index is 805. The molecule has 0 amide bonds. The minimum absolute atomic E-state index is 0.619. The Kier molecular flexibility index (Phi) is 5.32. The van der Waals surface area contributed by atoms with Gasteiger partial charge in [0, 0.05) is 22.0 Å². The number of aromatic nitrogens is 2. The first-order valence-electron chi connectivity index (χ1n) is 8.08. The van der Waals surface area contributed by atoms with Gasteiger partial charge < -0.3 is 0 Å². The average molecular weight is 357 g/mol. The zero-order valence-electron chi connectivity index (χ0n) is 14.2. The fraction of sp³-hybridized carbons (Fsp3) is 0.250. The fourth-order valence-electron chi connectivity index (χ4n) is 2.45. The third-order valence-corrected chi connectivity index (χ3v) is 5.34. The summed E-state index contributed by atoms with van der Waals surface area (Å²) in [6, 6.07) is 16.5. The van der Waals surface area contributed by atoms with Crippen LogP contribution in [-0.2, 0) is 0 Å². The second-order valence-corrected chi connectivity index (χ2v) is 7.73. The van der Waals surface area contributed by atoms with Crippen molar-refractivity contribution in [2.24, 2.45) is 5.92 Å². The van der Waals surface area contributed by atoms with Gasteiger partial charge in [-0.1, -0.05) is 67.0 Å². The van der Waals surface area contributed by atoms with Crippen LogP contribution in [0.4, 0.5) is 0 Å². The molecule has 24 heavy (non-hydrogen) atoms. The van der Waals surface area contributed by atoms with Crippen molar-refractivity contribution in [2.45, 2.75) is 25.9 Å². The summed E-state index contributed by atoms with van der Waals surface area (Å²) in [6.07, 6.45) is 1.96. The van der Waals surface area contributed by atoms with E-state index in [1.165, 1.54) is 11.1 Å². The molecule has 1 aromatic heterocycles. The second kappa shape index (κ2) is 7.45. The van der Waals surface area contributed by atoms with Gasteiger partial charge in [-0.15, -0.1) is 0 Å². The van der Waals surface area contributed by atoms with Crippen molar-refractivity contribution in [1.82, 2.24) is 9.55 Å². The van der Waals surface area contributed by atoms with Crippen molar-refractivity contribution in [3.63, 3.8) is 0 Å². The maximum absolute atomic E-state index is 6.06. The van der Waals surface area contributed by atoms with Crippen molar-refractivity contribution in [2.75, 3.05) is 5.75 Å². The number of aryl methyl sites for hydroxylation is 1. The van der Waals surface area contributed by atoms with Gasteiger partial charge in [-0.3, -0.25) is 4.57 Å². The lowest BCUT2D eigenvalue weighted by molar-refractivity contribution is 0.746. The average Bonchev–Trinajstić information content (AvgIpc) is 2.98. The highest BCUT2D eigenvalue weighted by atomic mass is 35.5. The molecule has 0 aliphatic rings. The molecule has 0 aliphatic carbocycles. The van der Waals surface area contributed by atoms with Crippen LogP contribution in [0.3, 0.4) is 0 Å². The van der Waals surface area contributed by atoms with Gasteiger partial charge in [0.2, 0.25) is 0 Å². The predicted molar refractivity (Wildman–Crippen MR) is 104 cm³/mol. The Morgan fingerprint density at radius 2 is 1.71 bits per heavy atom. The first kappa shape index (κ1) is 17.1. The molecule has 2 nitrogen and oxygen atoms in total. The van der Waals surface area contributed by atoms with Crippen molar-refractivity contribution in [3.05, 3.63) is 65.3 Å². The first-order valence-corrected chi connectivity index (χ1v) is 9.44. The molecule has 2 aromatic carbocycles. The molecule has 4 heteroatoms. The Hall–Kier alpha value is -1.71. The second-order valence-electron chi connectivity index (χ2n) is 6.31. The lowest BCUT2D eigenvalue weighted by atomic mass is 10.1. The van der Waals surface area contributed by atoms with Crippen LogP contribution in [0.25, 0.3) is 16.9 Å². The molecule has 0 atom stereocenters. The Balaban J connectivity index is 2.08. The van der Waals surface area contributed by atoms with Gasteiger partial charge in [0.05, 0.1) is 11.9 Å². The third kappa shape index (κ3) is 3.85. The number of imidazole rings is 1.